The molecule has 1 aliphatic heterocycles. The number of halogens is 1. The number of amides is 1. The highest BCUT2D eigenvalue weighted by atomic mass is 127. The quantitative estimate of drug-likeness (QED) is 0.229. The lowest BCUT2D eigenvalue weighted by molar-refractivity contribution is -0.120. The predicted octanol–water partition coefficient (Wildman–Crippen LogP) is 1.33. The summed E-state index contributed by atoms with van der Waals surface area (Å²) in [6, 6.07) is 8.29. The third kappa shape index (κ3) is 7.77. The Kier molecular flexibility index (Phi) is 11.0. The topological polar surface area (TPSA) is 78.0 Å². The van der Waals surface area contributed by atoms with E-state index in [0.717, 1.165) is 44.4 Å². The SMILES string of the molecule is CCOCCCNC(=NC)NCc1ccc(N2CCNC(=O)C2)cc1.I. The number of piperazine rings is 1. The van der Waals surface area contributed by atoms with Gasteiger partial charge in [0.15, 0.2) is 5.96 Å². The second-order valence-corrected chi connectivity index (χ2v) is 5.84. The van der Waals surface area contributed by atoms with Gasteiger partial charge in [-0.15, -0.1) is 24.0 Å². The van der Waals surface area contributed by atoms with E-state index in [0.29, 0.717) is 19.6 Å². The van der Waals surface area contributed by atoms with Crippen LogP contribution in [0.3, 0.4) is 0 Å². The number of aliphatic imine (C=N–C) groups is 1. The minimum atomic E-state index is 0. The molecule has 0 spiro atoms. The zero-order valence-corrected chi connectivity index (χ0v) is 17.9. The molecule has 146 valence electrons. The highest BCUT2D eigenvalue weighted by Gasteiger charge is 2.16. The van der Waals surface area contributed by atoms with E-state index < -0.39 is 0 Å². The van der Waals surface area contributed by atoms with Crippen LogP contribution in [-0.4, -0.2) is 58.3 Å². The lowest BCUT2D eigenvalue weighted by atomic mass is 10.2. The Bertz CT molecular complexity index is 565. The number of hydrogen-bond acceptors (Lipinski definition) is 4. The molecule has 7 nitrogen and oxygen atoms in total. The number of hydrogen-bond donors (Lipinski definition) is 3. The summed E-state index contributed by atoms with van der Waals surface area (Å²) in [5.74, 6) is 0.865. The molecule has 0 aromatic heterocycles. The Balaban J connectivity index is 0.00000338. The Morgan fingerprint density at radius 2 is 2.08 bits per heavy atom. The van der Waals surface area contributed by atoms with E-state index in [9.17, 15) is 4.79 Å². The van der Waals surface area contributed by atoms with Crippen molar-refractivity contribution < 1.29 is 9.53 Å². The smallest absolute Gasteiger partial charge is 0.239 e. The minimum Gasteiger partial charge on any atom is -0.382 e. The third-order valence-electron chi connectivity index (χ3n) is 3.99. The number of ether oxygens (including phenoxy) is 1. The summed E-state index contributed by atoms with van der Waals surface area (Å²) in [6.45, 7) is 7.02. The van der Waals surface area contributed by atoms with E-state index in [2.05, 4.69) is 50.1 Å². The Hall–Kier alpha value is -1.55. The standard InChI is InChI=1S/C18H29N5O2.HI/c1-3-25-12-4-9-21-18(19-2)22-13-15-5-7-16(8-6-15)23-11-10-20-17(24)14-23;/h5-8H,3-4,9-14H2,1-2H3,(H,20,24)(H2,19,21,22);1H. The molecule has 0 aliphatic carbocycles. The average Bonchev–Trinajstić information content (AvgIpc) is 2.64. The van der Waals surface area contributed by atoms with Gasteiger partial charge in [-0.3, -0.25) is 9.79 Å². The van der Waals surface area contributed by atoms with Gasteiger partial charge in [0.05, 0.1) is 6.54 Å². The summed E-state index contributed by atoms with van der Waals surface area (Å²) in [5.41, 5.74) is 2.25. The lowest BCUT2D eigenvalue weighted by Gasteiger charge is -2.28. The second kappa shape index (κ2) is 12.7. The van der Waals surface area contributed by atoms with Crippen LogP contribution in [0.4, 0.5) is 5.69 Å². The first-order valence-electron chi connectivity index (χ1n) is 8.85. The van der Waals surface area contributed by atoms with Crippen molar-refractivity contribution in [1.82, 2.24) is 16.0 Å². The Morgan fingerprint density at radius 1 is 1.31 bits per heavy atom. The van der Waals surface area contributed by atoms with Crippen LogP contribution in [0.1, 0.15) is 18.9 Å². The summed E-state index contributed by atoms with van der Waals surface area (Å²) in [7, 11) is 1.77. The number of nitrogens with one attached hydrogen (secondary N) is 3. The molecule has 1 aromatic rings. The van der Waals surface area contributed by atoms with Gasteiger partial charge in [-0.2, -0.15) is 0 Å². The predicted molar refractivity (Wildman–Crippen MR) is 116 cm³/mol. The molecule has 3 N–H and O–H groups in total. The van der Waals surface area contributed by atoms with E-state index in [1.54, 1.807) is 7.05 Å². The van der Waals surface area contributed by atoms with Crippen LogP contribution in [-0.2, 0) is 16.1 Å². The molecule has 0 radical (unpaired) electrons. The van der Waals surface area contributed by atoms with Crippen molar-refractivity contribution in [3.8, 4) is 0 Å². The van der Waals surface area contributed by atoms with Gasteiger partial charge < -0.3 is 25.6 Å². The third-order valence-corrected chi connectivity index (χ3v) is 3.99. The van der Waals surface area contributed by atoms with Gasteiger partial charge in [-0.25, -0.2) is 0 Å². The molecule has 0 bridgehead atoms. The molecule has 8 heteroatoms. The number of carbonyl (C=O) groups excluding carboxylic acids is 1. The van der Waals surface area contributed by atoms with Gasteiger partial charge in [0.1, 0.15) is 0 Å². The van der Waals surface area contributed by atoms with Gasteiger partial charge in [-0.1, -0.05) is 12.1 Å². The van der Waals surface area contributed by atoms with Crippen LogP contribution in [0, 0.1) is 0 Å². The molecule has 1 saturated heterocycles. The van der Waals surface area contributed by atoms with Crippen LogP contribution < -0.4 is 20.9 Å². The maximum Gasteiger partial charge on any atom is 0.239 e. The molecule has 1 fully saturated rings. The van der Waals surface area contributed by atoms with Gasteiger partial charge in [-0.05, 0) is 31.0 Å². The molecular formula is C18H30IN5O2. The van der Waals surface area contributed by atoms with Crippen LogP contribution in [0.15, 0.2) is 29.3 Å². The van der Waals surface area contributed by atoms with E-state index in [4.69, 9.17) is 4.74 Å². The normalized spacial score (nSPS) is 14.5. The molecule has 26 heavy (non-hydrogen) atoms. The van der Waals surface area contributed by atoms with E-state index in [1.807, 2.05) is 6.92 Å². The minimum absolute atomic E-state index is 0. The van der Waals surface area contributed by atoms with Crippen molar-refractivity contribution in [1.29, 1.82) is 0 Å². The molecule has 1 amide bonds. The summed E-state index contributed by atoms with van der Waals surface area (Å²) in [4.78, 5) is 17.8. The fourth-order valence-electron chi connectivity index (χ4n) is 2.62. The summed E-state index contributed by atoms with van der Waals surface area (Å²) in [6.07, 6.45) is 0.951. The van der Waals surface area contributed by atoms with Gasteiger partial charge >= 0.3 is 0 Å². The van der Waals surface area contributed by atoms with Crippen LogP contribution >= 0.6 is 24.0 Å². The van der Waals surface area contributed by atoms with Gasteiger partial charge in [0, 0.05) is 52.1 Å². The number of nitrogens with zero attached hydrogens (tertiary/aromatic N) is 2. The maximum absolute atomic E-state index is 11.5. The molecule has 1 aliphatic rings. The first kappa shape index (κ1) is 22.5. The lowest BCUT2D eigenvalue weighted by Crippen LogP contribution is -2.47. The van der Waals surface area contributed by atoms with Crippen molar-refractivity contribution in [3.63, 3.8) is 0 Å². The van der Waals surface area contributed by atoms with E-state index >= 15 is 0 Å². The first-order valence-corrected chi connectivity index (χ1v) is 8.85. The van der Waals surface area contributed by atoms with Crippen LogP contribution in [0.25, 0.3) is 0 Å². The molecule has 2 rings (SSSR count). The molecule has 0 unspecified atom stereocenters. The molecular weight excluding hydrogens is 445 g/mol. The highest BCUT2D eigenvalue weighted by molar-refractivity contribution is 14.0. The van der Waals surface area contributed by atoms with Gasteiger partial charge in [0.2, 0.25) is 5.91 Å². The number of anilines is 1. The van der Waals surface area contributed by atoms with E-state index in [-0.39, 0.29) is 29.9 Å². The fraction of sp³-hybridized carbons (Fsp3) is 0.556. The highest BCUT2D eigenvalue weighted by Crippen LogP contribution is 2.15. The van der Waals surface area contributed by atoms with Crippen molar-refractivity contribution in [2.45, 2.75) is 19.9 Å². The molecule has 1 aromatic carbocycles. The second-order valence-electron chi connectivity index (χ2n) is 5.84. The zero-order chi connectivity index (χ0) is 17.9. The van der Waals surface area contributed by atoms with Crippen molar-refractivity contribution in [2.24, 2.45) is 4.99 Å². The number of rotatable bonds is 8. The molecule has 0 atom stereocenters. The maximum atomic E-state index is 11.5. The summed E-state index contributed by atoms with van der Waals surface area (Å²) in [5, 5.41) is 9.42. The number of carbonyl (C=O) groups is 1. The van der Waals surface area contributed by atoms with Crippen LogP contribution in [0.5, 0.6) is 0 Å². The van der Waals surface area contributed by atoms with Crippen molar-refractivity contribution >= 4 is 41.5 Å². The average molecular weight is 475 g/mol. The van der Waals surface area contributed by atoms with Crippen molar-refractivity contribution in [2.75, 3.05) is 51.3 Å². The fourth-order valence-corrected chi connectivity index (χ4v) is 2.62. The molecule has 0 saturated carbocycles. The summed E-state index contributed by atoms with van der Waals surface area (Å²) >= 11 is 0. The van der Waals surface area contributed by atoms with Gasteiger partial charge in [0.25, 0.3) is 0 Å². The Morgan fingerprint density at radius 3 is 2.73 bits per heavy atom. The zero-order valence-electron chi connectivity index (χ0n) is 15.6. The molecule has 1 heterocycles. The Labute approximate surface area is 173 Å². The summed E-state index contributed by atoms with van der Waals surface area (Å²) < 4.78 is 5.32. The van der Waals surface area contributed by atoms with Crippen LogP contribution in [0.2, 0.25) is 0 Å². The van der Waals surface area contributed by atoms with Crippen molar-refractivity contribution in [3.05, 3.63) is 29.8 Å². The monoisotopic (exact) mass is 475 g/mol. The van der Waals surface area contributed by atoms with E-state index in [1.165, 1.54) is 5.56 Å². The first-order chi connectivity index (χ1) is 12.2. The number of guanidine groups is 1. The largest absolute Gasteiger partial charge is 0.382 e. The number of benzene rings is 1.